The van der Waals surface area contributed by atoms with Crippen molar-refractivity contribution in [2.45, 2.75) is 13.3 Å². The average Bonchev–Trinajstić information content (AvgIpc) is 2.70. The molecule has 8 heteroatoms. The van der Waals surface area contributed by atoms with Gasteiger partial charge in [0.05, 0.1) is 13.7 Å². The van der Waals surface area contributed by atoms with Crippen LogP contribution in [0.25, 0.3) is 0 Å². The topological polar surface area (TPSA) is 114 Å². The van der Waals surface area contributed by atoms with E-state index in [-0.39, 0.29) is 17.9 Å². The molecule has 2 aromatic carbocycles. The number of para-hydroxylation sites is 1. The number of phenolic OH excluding ortho intramolecular Hbond substituents is 1. The molecule has 2 amide bonds. The second-order valence-electron chi connectivity index (χ2n) is 5.79. The van der Waals surface area contributed by atoms with Gasteiger partial charge in [-0.15, -0.1) is 0 Å². The highest BCUT2D eigenvalue weighted by Gasteiger charge is 2.15. The first-order valence-electron chi connectivity index (χ1n) is 8.63. The van der Waals surface area contributed by atoms with Crippen molar-refractivity contribution >= 4 is 23.5 Å². The molecule has 0 saturated carbocycles. The SMILES string of the molecule is CCc1ccccc1NC(=O)CNC(=O)COC(=O)c1ccc(OC)cc1O. The largest absolute Gasteiger partial charge is 0.507 e. The Bertz CT molecular complexity index is 866. The van der Waals surface area contributed by atoms with Crippen molar-refractivity contribution < 1.29 is 29.0 Å². The highest BCUT2D eigenvalue weighted by atomic mass is 16.5. The lowest BCUT2D eigenvalue weighted by Crippen LogP contribution is -2.35. The number of anilines is 1. The van der Waals surface area contributed by atoms with Gasteiger partial charge in [-0.25, -0.2) is 4.79 Å². The van der Waals surface area contributed by atoms with Crippen LogP contribution in [0, 0.1) is 0 Å². The molecule has 0 aromatic heterocycles. The third-order valence-corrected chi connectivity index (χ3v) is 3.88. The summed E-state index contributed by atoms with van der Waals surface area (Å²) in [6, 6.07) is 11.4. The highest BCUT2D eigenvalue weighted by Crippen LogP contribution is 2.23. The molecule has 2 rings (SSSR count). The Kier molecular flexibility index (Phi) is 7.38. The molecule has 8 nitrogen and oxygen atoms in total. The van der Waals surface area contributed by atoms with Crippen molar-refractivity contribution in [3.8, 4) is 11.5 Å². The van der Waals surface area contributed by atoms with Crippen molar-refractivity contribution in [1.29, 1.82) is 0 Å². The number of nitrogens with one attached hydrogen (secondary N) is 2. The van der Waals surface area contributed by atoms with E-state index in [0.29, 0.717) is 11.4 Å². The van der Waals surface area contributed by atoms with E-state index in [1.165, 1.54) is 25.3 Å². The molecule has 0 bridgehead atoms. The van der Waals surface area contributed by atoms with Gasteiger partial charge in [0.25, 0.3) is 5.91 Å². The van der Waals surface area contributed by atoms with E-state index in [4.69, 9.17) is 9.47 Å². The number of amides is 2. The molecule has 3 N–H and O–H groups in total. The molecule has 0 saturated heterocycles. The van der Waals surface area contributed by atoms with Crippen LogP contribution in [0.2, 0.25) is 0 Å². The van der Waals surface area contributed by atoms with Gasteiger partial charge >= 0.3 is 5.97 Å². The van der Waals surface area contributed by atoms with Crippen LogP contribution >= 0.6 is 0 Å². The molecule has 0 aliphatic heterocycles. The zero-order valence-electron chi connectivity index (χ0n) is 15.7. The van der Waals surface area contributed by atoms with E-state index < -0.39 is 24.4 Å². The van der Waals surface area contributed by atoms with Crippen LogP contribution in [0.15, 0.2) is 42.5 Å². The van der Waals surface area contributed by atoms with E-state index in [2.05, 4.69) is 10.6 Å². The first kappa shape index (κ1) is 20.8. The van der Waals surface area contributed by atoms with Crippen molar-refractivity contribution in [3.05, 3.63) is 53.6 Å². The molecular formula is C20H22N2O6. The summed E-state index contributed by atoms with van der Waals surface area (Å²) in [7, 11) is 1.42. The standard InChI is InChI=1S/C20H22N2O6/c1-3-13-6-4-5-7-16(13)22-18(24)11-21-19(25)12-28-20(26)15-9-8-14(27-2)10-17(15)23/h4-10,23H,3,11-12H2,1-2H3,(H,21,25)(H,22,24). The molecule has 0 radical (unpaired) electrons. The highest BCUT2D eigenvalue weighted by molar-refractivity contribution is 5.96. The molecule has 0 aliphatic carbocycles. The zero-order chi connectivity index (χ0) is 20.5. The predicted octanol–water partition coefficient (Wildman–Crippen LogP) is 1.87. The van der Waals surface area contributed by atoms with Gasteiger partial charge in [-0.05, 0) is 30.2 Å². The summed E-state index contributed by atoms with van der Waals surface area (Å²) in [5.74, 6) is -1.84. The Morgan fingerprint density at radius 1 is 1.07 bits per heavy atom. The van der Waals surface area contributed by atoms with Crippen LogP contribution in [0.3, 0.4) is 0 Å². The van der Waals surface area contributed by atoms with Gasteiger partial charge in [0.15, 0.2) is 6.61 Å². The van der Waals surface area contributed by atoms with Crippen molar-refractivity contribution in [1.82, 2.24) is 5.32 Å². The molecule has 0 spiro atoms. The lowest BCUT2D eigenvalue weighted by atomic mass is 10.1. The molecule has 0 atom stereocenters. The number of benzene rings is 2. The Morgan fingerprint density at radius 2 is 1.82 bits per heavy atom. The smallest absolute Gasteiger partial charge is 0.342 e. The second kappa shape index (κ2) is 9.96. The minimum Gasteiger partial charge on any atom is -0.507 e. The molecule has 2 aromatic rings. The van der Waals surface area contributed by atoms with Crippen molar-refractivity contribution in [3.63, 3.8) is 0 Å². The number of methoxy groups -OCH3 is 1. The number of hydrogen-bond acceptors (Lipinski definition) is 6. The molecule has 148 valence electrons. The van der Waals surface area contributed by atoms with Crippen LogP contribution in [0.1, 0.15) is 22.8 Å². The van der Waals surface area contributed by atoms with E-state index in [1.54, 1.807) is 12.1 Å². The molecule has 0 heterocycles. The fourth-order valence-electron chi connectivity index (χ4n) is 2.39. The van der Waals surface area contributed by atoms with Crippen molar-refractivity contribution in [2.24, 2.45) is 0 Å². The zero-order valence-corrected chi connectivity index (χ0v) is 15.7. The minimum atomic E-state index is -0.864. The summed E-state index contributed by atoms with van der Waals surface area (Å²) in [6.07, 6.45) is 0.761. The number of phenols is 1. The fraction of sp³-hybridized carbons (Fsp3) is 0.250. The average molecular weight is 386 g/mol. The first-order chi connectivity index (χ1) is 13.4. The second-order valence-corrected chi connectivity index (χ2v) is 5.79. The molecular weight excluding hydrogens is 364 g/mol. The first-order valence-corrected chi connectivity index (χ1v) is 8.63. The maximum Gasteiger partial charge on any atom is 0.342 e. The van der Waals surface area contributed by atoms with Gasteiger partial charge in [0.2, 0.25) is 5.91 Å². The summed E-state index contributed by atoms with van der Waals surface area (Å²) < 4.78 is 9.77. The summed E-state index contributed by atoms with van der Waals surface area (Å²) in [4.78, 5) is 35.7. The van der Waals surface area contributed by atoms with Gasteiger partial charge in [-0.2, -0.15) is 0 Å². The number of ether oxygens (including phenoxy) is 2. The van der Waals surface area contributed by atoms with Gasteiger partial charge < -0.3 is 25.2 Å². The monoisotopic (exact) mass is 386 g/mol. The van der Waals surface area contributed by atoms with Gasteiger partial charge in [-0.3, -0.25) is 9.59 Å². The molecule has 0 aliphatic rings. The van der Waals surface area contributed by atoms with Gasteiger partial charge in [-0.1, -0.05) is 25.1 Å². The Hall–Kier alpha value is -3.55. The number of esters is 1. The Balaban J connectivity index is 1.79. The number of aryl methyl sites for hydroxylation is 1. The summed E-state index contributed by atoms with van der Waals surface area (Å²) >= 11 is 0. The van der Waals surface area contributed by atoms with E-state index in [1.807, 2.05) is 19.1 Å². The maximum absolute atomic E-state index is 12.0. The van der Waals surface area contributed by atoms with Gasteiger partial charge in [0, 0.05) is 11.8 Å². The summed E-state index contributed by atoms with van der Waals surface area (Å²) in [5.41, 5.74) is 1.57. The van der Waals surface area contributed by atoms with Crippen LogP contribution in [-0.2, 0) is 20.7 Å². The van der Waals surface area contributed by atoms with Gasteiger partial charge in [0.1, 0.15) is 17.1 Å². The number of rotatable bonds is 8. The molecule has 0 fully saturated rings. The molecule has 28 heavy (non-hydrogen) atoms. The van der Waals surface area contributed by atoms with E-state index in [9.17, 15) is 19.5 Å². The lowest BCUT2D eigenvalue weighted by Gasteiger charge is -2.11. The Morgan fingerprint density at radius 3 is 2.50 bits per heavy atom. The number of carbonyl (C=O) groups is 3. The third kappa shape index (κ3) is 5.73. The normalized spacial score (nSPS) is 10.1. The van der Waals surface area contributed by atoms with Crippen LogP contribution in [0.5, 0.6) is 11.5 Å². The number of aromatic hydroxyl groups is 1. The maximum atomic E-state index is 12.0. The quantitative estimate of drug-likeness (QED) is 0.597. The number of hydrogen-bond donors (Lipinski definition) is 3. The summed E-state index contributed by atoms with van der Waals surface area (Å²) in [5, 5.41) is 14.9. The summed E-state index contributed by atoms with van der Waals surface area (Å²) in [6.45, 7) is 1.13. The fourth-order valence-corrected chi connectivity index (χ4v) is 2.39. The van der Waals surface area contributed by atoms with Crippen LogP contribution in [-0.4, -0.2) is 43.2 Å². The van der Waals surface area contributed by atoms with Crippen LogP contribution in [0.4, 0.5) is 5.69 Å². The molecule has 0 unspecified atom stereocenters. The third-order valence-electron chi connectivity index (χ3n) is 3.88. The van der Waals surface area contributed by atoms with Crippen molar-refractivity contribution in [2.75, 3.05) is 25.6 Å². The number of carbonyl (C=O) groups excluding carboxylic acids is 3. The van der Waals surface area contributed by atoms with Crippen LogP contribution < -0.4 is 15.4 Å². The van der Waals surface area contributed by atoms with E-state index >= 15 is 0 Å². The Labute approximate surface area is 162 Å². The predicted molar refractivity (Wildman–Crippen MR) is 102 cm³/mol. The minimum absolute atomic E-state index is 0.0949. The van der Waals surface area contributed by atoms with E-state index in [0.717, 1.165) is 12.0 Å². The lowest BCUT2D eigenvalue weighted by molar-refractivity contribution is -0.126.